The van der Waals surface area contributed by atoms with Crippen LogP contribution in [-0.2, 0) is 10.0 Å². The van der Waals surface area contributed by atoms with Crippen molar-refractivity contribution >= 4 is 56.1 Å². The quantitative estimate of drug-likeness (QED) is 0.375. The largest absolute Gasteiger partial charge is 0.369 e. The van der Waals surface area contributed by atoms with Gasteiger partial charge in [0.2, 0.25) is 0 Å². The maximum Gasteiger partial charge on any atom is 0.266 e. The monoisotopic (exact) mass is 542 g/mol. The first-order valence-corrected chi connectivity index (χ1v) is 14.0. The Kier molecular flexibility index (Phi) is 7.69. The molecular formula is C23H25Cl2FN4O2S2. The van der Waals surface area contributed by atoms with Crippen molar-refractivity contribution in [2.24, 2.45) is 0 Å². The third-order valence-electron chi connectivity index (χ3n) is 6.18. The molecule has 1 unspecified atom stereocenters. The fourth-order valence-electron chi connectivity index (χ4n) is 4.43. The van der Waals surface area contributed by atoms with Crippen LogP contribution in [0.3, 0.4) is 0 Å². The summed E-state index contributed by atoms with van der Waals surface area (Å²) in [6, 6.07) is 10.5. The number of anilines is 2. The molecular weight excluding hydrogens is 518 g/mol. The maximum absolute atomic E-state index is 15.0. The van der Waals surface area contributed by atoms with E-state index in [0.717, 1.165) is 42.6 Å². The Morgan fingerprint density at radius 2 is 2.06 bits per heavy atom. The summed E-state index contributed by atoms with van der Waals surface area (Å²) in [4.78, 5) is 7.67. The molecule has 3 aromatic rings. The van der Waals surface area contributed by atoms with Crippen molar-refractivity contribution in [3.63, 3.8) is 0 Å². The van der Waals surface area contributed by atoms with E-state index in [0.29, 0.717) is 5.69 Å². The Labute approximate surface area is 213 Å². The molecule has 0 bridgehead atoms. The number of sulfonamides is 1. The van der Waals surface area contributed by atoms with Crippen molar-refractivity contribution in [3.8, 4) is 0 Å². The van der Waals surface area contributed by atoms with E-state index in [2.05, 4.69) is 27.6 Å². The SMILES string of the molecule is CC[C@@H](c1ccccc1Cl)N1CCC(N(C)c2cc(F)c(S(=O)(=O)Nc3cscn3)cc2Cl)C1. The second-order valence-electron chi connectivity index (χ2n) is 8.21. The van der Waals surface area contributed by atoms with Crippen molar-refractivity contribution in [1.29, 1.82) is 0 Å². The van der Waals surface area contributed by atoms with Crippen molar-refractivity contribution in [1.82, 2.24) is 9.88 Å². The highest BCUT2D eigenvalue weighted by Crippen LogP contribution is 2.36. The first kappa shape index (κ1) is 25.2. The Balaban J connectivity index is 1.53. The van der Waals surface area contributed by atoms with E-state index >= 15 is 0 Å². The molecule has 0 amide bonds. The number of likely N-dealkylation sites (N-methyl/N-ethyl adjacent to an activating group) is 1. The Hall–Kier alpha value is -1.91. The maximum atomic E-state index is 15.0. The van der Waals surface area contributed by atoms with E-state index in [9.17, 15) is 12.8 Å². The highest BCUT2D eigenvalue weighted by Gasteiger charge is 2.33. The number of hydrogen-bond acceptors (Lipinski definition) is 6. The normalized spacial score (nSPS) is 17.6. The van der Waals surface area contributed by atoms with Crippen LogP contribution in [0, 0.1) is 5.82 Å². The molecule has 0 radical (unpaired) electrons. The fraction of sp³-hybridized carbons (Fsp3) is 0.348. The molecule has 1 saturated heterocycles. The van der Waals surface area contributed by atoms with Gasteiger partial charge in [-0.15, -0.1) is 11.3 Å². The molecule has 4 rings (SSSR count). The number of hydrogen-bond donors (Lipinski definition) is 1. The summed E-state index contributed by atoms with van der Waals surface area (Å²) in [5.74, 6) is -0.733. The van der Waals surface area contributed by atoms with Gasteiger partial charge in [0.05, 0.1) is 16.2 Å². The molecule has 1 aromatic heterocycles. The topological polar surface area (TPSA) is 65.5 Å². The van der Waals surface area contributed by atoms with Gasteiger partial charge in [0, 0.05) is 48.7 Å². The molecule has 34 heavy (non-hydrogen) atoms. The van der Waals surface area contributed by atoms with Crippen LogP contribution in [0.15, 0.2) is 52.2 Å². The molecule has 6 nitrogen and oxygen atoms in total. The van der Waals surface area contributed by atoms with Crippen molar-refractivity contribution in [3.05, 3.63) is 68.7 Å². The van der Waals surface area contributed by atoms with Gasteiger partial charge >= 0.3 is 0 Å². The number of likely N-dealkylation sites (tertiary alicyclic amines) is 1. The van der Waals surface area contributed by atoms with E-state index in [1.165, 1.54) is 28.3 Å². The van der Waals surface area contributed by atoms with Gasteiger partial charge in [-0.2, -0.15) is 0 Å². The van der Waals surface area contributed by atoms with E-state index < -0.39 is 20.7 Å². The number of nitrogens with zero attached hydrogens (tertiary/aromatic N) is 3. The zero-order valence-corrected chi connectivity index (χ0v) is 21.9. The second kappa shape index (κ2) is 10.4. The summed E-state index contributed by atoms with van der Waals surface area (Å²) in [5.41, 5.74) is 3.03. The number of halogens is 3. The highest BCUT2D eigenvalue weighted by atomic mass is 35.5. The number of aromatic nitrogens is 1. The van der Waals surface area contributed by atoms with Crippen LogP contribution in [0.1, 0.15) is 31.4 Å². The van der Waals surface area contributed by atoms with Crippen LogP contribution in [0.2, 0.25) is 10.0 Å². The molecule has 0 spiro atoms. The van der Waals surface area contributed by atoms with Gasteiger partial charge in [-0.3, -0.25) is 9.62 Å². The molecule has 2 aromatic carbocycles. The first-order chi connectivity index (χ1) is 16.2. The molecule has 0 saturated carbocycles. The summed E-state index contributed by atoms with van der Waals surface area (Å²) in [5, 5.41) is 2.44. The first-order valence-electron chi connectivity index (χ1n) is 10.8. The zero-order chi connectivity index (χ0) is 24.5. The molecule has 11 heteroatoms. The van der Waals surface area contributed by atoms with Gasteiger partial charge in [0.1, 0.15) is 10.7 Å². The van der Waals surface area contributed by atoms with Gasteiger partial charge in [0.25, 0.3) is 10.0 Å². The van der Waals surface area contributed by atoms with Crippen LogP contribution in [0.25, 0.3) is 0 Å². The number of nitrogens with one attached hydrogen (secondary N) is 1. The molecule has 1 fully saturated rings. The lowest BCUT2D eigenvalue weighted by atomic mass is 10.0. The molecule has 1 N–H and O–H groups in total. The minimum atomic E-state index is -4.16. The van der Waals surface area contributed by atoms with Crippen LogP contribution in [-0.4, -0.2) is 44.5 Å². The van der Waals surface area contributed by atoms with Crippen LogP contribution in [0.5, 0.6) is 0 Å². The lowest BCUT2D eigenvalue weighted by Gasteiger charge is -2.31. The van der Waals surface area contributed by atoms with Gasteiger partial charge in [-0.1, -0.05) is 48.3 Å². The van der Waals surface area contributed by atoms with Crippen molar-refractivity contribution in [2.75, 3.05) is 29.8 Å². The molecule has 0 aliphatic carbocycles. The smallest absolute Gasteiger partial charge is 0.266 e. The van der Waals surface area contributed by atoms with Gasteiger partial charge in [0.15, 0.2) is 5.82 Å². The summed E-state index contributed by atoms with van der Waals surface area (Å²) >= 11 is 14.1. The molecule has 2 heterocycles. The summed E-state index contributed by atoms with van der Waals surface area (Å²) in [7, 11) is -2.31. The lowest BCUT2D eigenvalue weighted by Crippen LogP contribution is -2.36. The minimum Gasteiger partial charge on any atom is -0.369 e. The summed E-state index contributed by atoms with van der Waals surface area (Å²) < 4.78 is 42.5. The minimum absolute atomic E-state index is 0.0871. The zero-order valence-electron chi connectivity index (χ0n) is 18.7. The lowest BCUT2D eigenvalue weighted by molar-refractivity contribution is 0.236. The number of rotatable bonds is 8. The second-order valence-corrected chi connectivity index (χ2v) is 11.4. The van der Waals surface area contributed by atoms with Gasteiger partial charge < -0.3 is 4.90 Å². The van der Waals surface area contributed by atoms with E-state index in [1.807, 2.05) is 30.1 Å². The van der Waals surface area contributed by atoms with E-state index in [1.54, 1.807) is 0 Å². The number of benzene rings is 2. The average molecular weight is 544 g/mol. The van der Waals surface area contributed by atoms with E-state index in [4.69, 9.17) is 23.2 Å². The Morgan fingerprint density at radius 1 is 1.29 bits per heavy atom. The van der Waals surface area contributed by atoms with Crippen LogP contribution < -0.4 is 9.62 Å². The van der Waals surface area contributed by atoms with Gasteiger partial charge in [-0.25, -0.2) is 17.8 Å². The predicted octanol–water partition coefficient (Wildman–Crippen LogP) is 6.05. The Morgan fingerprint density at radius 3 is 2.74 bits per heavy atom. The van der Waals surface area contributed by atoms with E-state index in [-0.39, 0.29) is 22.9 Å². The van der Waals surface area contributed by atoms with Crippen LogP contribution in [0.4, 0.5) is 15.9 Å². The highest BCUT2D eigenvalue weighted by molar-refractivity contribution is 7.92. The van der Waals surface area contributed by atoms with Gasteiger partial charge in [-0.05, 0) is 30.5 Å². The summed E-state index contributed by atoms with van der Waals surface area (Å²) in [6.07, 6.45) is 1.77. The molecule has 182 valence electrons. The van der Waals surface area contributed by atoms with Crippen LogP contribution >= 0.6 is 34.5 Å². The number of thiazole rings is 1. The average Bonchev–Trinajstić information content (AvgIpc) is 3.48. The standard InChI is InChI=1S/C23H25Cl2FN4O2S2/c1-3-20(16-6-4-5-7-17(16)24)30-9-8-15(12-30)29(2)21-11-19(26)22(10-18(21)25)34(31,32)28-23-13-33-14-27-23/h4-7,10-11,13-15,20,28H,3,8-9,12H2,1-2H3/t15?,20-/m0/s1. The summed E-state index contributed by atoms with van der Waals surface area (Å²) in [6.45, 7) is 3.75. The third-order valence-corrected chi connectivity index (χ3v) is 8.78. The molecule has 1 aliphatic heterocycles. The predicted molar refractivity (Wildman–Crippen MR) is 137 cm³/mol. The Bertz CT molecular complexity index is 1260. The molecule has 2 atom stereocenters. The third kappa shape index (κ3) is 5.18. The fourth-order valence-corrected chi connectivity index (χ4v) is 6.70. The van der Waals surface area contributed by atoms with Crippen molar-refractivity contribution in [2.45, 2.75) is 36.7 Å². The van der Waals surface area contributed by atoms with Crippen molar-refractivity contribution < 1.29 is 12.8 Å². The molecule has 1 aliphatic rings.